The van der Waals surface area contributed by atoms with Gasteiger partial charge in [0.25, 0.3) is 0 Å². The summed E-state index contributed by atoms with van der Waals surface area (Å²) in [4.78, 5) is 14.5. The number of hydrogen-bond acceptors (Lipinski definition) is 4. The van der Waals surface area contributed by atoms with Crippen LogP contribution in [0.25, 0.3) is 11.4 Å². The Morgan fingerprint density at radius 1 is 1.15 bits per heavy atom. The number of halogens is 1. The van der Waals surface area contributed by atoms with Gasteiger partial charge in [-0.3, -0.25) is 4.79 Å². The van der Waals surface area contributed by atoms with Crippen LogP contribution < -0.4 is 0 Å². The number of amides is 1. The molecule has 1 amide bonds. The second kappa shape index (κ2) is 9.16. The summed E-state index contributed by atoms with van der Waals surface area (Å²) in [6.07, 6.45) is 0. The summed E-state index contributed by atoms with van der Waals surface area (Å²) in [6, 6.07) is 6.47. The first-order chi connectivity index (χ1) is 12.3. The highest BCUT2D eigenvalue weighted by molar-refractivity contribution is 7.99. The molecular weight excluding hydrogens is 351 g/mol. The minimum absolute atomic E-state index is 0.0906. The quantitative estimate of drug-likeness (QED) is 0.655. The second-order valence-electron chi connectivity index (χ2n) is 7.22. The van der Waals surface area contributed by atoms with Crippen LogP contribution in [0.2, 0.25) is 0 Å². The van der Waals surface area contributed by atoms with Crippen molar-refractivity contribution in [2.45, 2.75) is 32.9 Å². The zero-order chi connectivity index (χ0) is 19.3. The van der Waals surface area contributed by atoms with E-state index in [0.717, 1.165) is 13.1 Å². The van der Waals surface area contributed by atoms with Crippen molar-refractivity contribution in [1.29, 1.82) is 0 Å². The number of thioether (sulfide) groups is 1. The fourth-order valence-corrected chi connectivity index (χ4v) is 3.51. The van der Waals surface area contributed by atoms with Crippen molar-refractivity contribution in [2.24, 2.45) is 18.9 Å². The van der Waals surface area contributed by atoms with Crippen LogP contribution in [0, 0.1) is 17.7 Å². The topological polar surface area (TPSA) is 51.0 Å². The van der Waals surface area contributed by atoms with Crippen molar-refractivity contribution in [3.05, 3.63) is 30.1 Å². The molecule has 142 valence electrons. The highest BCUT2D eigenvalue weighted by atomic mass is 32.2. The first-order valence-corrected chi connectivity index (χ1v) is 9.83. The van der Waals surface area contributed by atoms with Crippen molar-refractivity contribution in [3.8, 4) is 11.4 Å². The van der Waals surface area contributed by atoms with Gasteiger partial charge in [0, 0.05) is 20.1 Å². The van der Waals surface area contributed by atoms with Crippen LogP contribution in [-0.4, -0.2) is 44.4 Å². The van der Waals surface area contributed by atoms with Crippen LogP contribution in [0.4, 0.5) is 4.39 Å². The molecule has 0 spiro atoms. The lowest BCUT2D eigenvalue weighted by molar-refractivity contribution is -0.129. The number of aromatic nitrogens is 3. The predicted octanol–water partition coefficient (Wildman–Crippen LogP) is 3.85. The lowest BCUT2D eigenvalue weighted by Crippen LogP contribution is -2.38. The van der Waals surface area contributed by atoms with Gasteiger partial charge in [0.2, 0.25) is 5.91 Å². The van der Waals surface area contributed by atoms with E-state index in [0.29, 0.717) is 34.1 Å². The summed E-state index contributed by atoms with van der Waals surface area (Å²) < 4.78 is 15.7. The summed E-state index contributed by atoms with van der Waals surface area (Å²) in [7, 11) is 1.79. The Bertz CT molecular complexity index is 735. The average molecular weight is 379 g/mol. The van der Waals surface area contributed by atoms with Crippen LogP contribution >= 0.6 is 11.8 Å². The van der Waals surface area contributed by atoms with E-state index in [1.54, 1.807) is 29.8 Å². The largest absolute Gasteiger partial charge is 0.341 e. The number of nitrogens with zero attached hydrogens (tertiary/aromatic N) is 4. The van der Waals surface area contributed by atoms with E-state index < -0.39 is 0 Å². The Morgan fingerprint density at radius 3 is 2.35 bits per heavy atom. The monoisotopic (exact) mass is 378 g/mol. The molecule has 0 fully saturated rings. The molecule has 0 radical (unpaired) electrons. The van der Waals surface area contributed by atoms with E-state index in [1.165, 1.54) is 17.8 Å². The van der Waals surface area contributed by atoms with Gasteiger partial charge in [-0.05, 0) is 24.0 Å². The van der Waals surface area contributed by atoms with Crippen LogP contribution in [0.5, 0.6) is 0 Å². The Labute approximate surface area is 159 Å². The average Bonchev–Trinajstić information content (AvgIpc) is 2.92. The van der Waals surface area contributed by atoms with Gasteiger partial charge in [-0.2, -0.15) is 0 Å². The summed E-state index contributed by atoms with van der Waals surface area (Å²) >= 11 is 1.33. The maximum atomic E-state index is 14.0. The van der Waals surface area contributed by atoms with Crippen LogP contribution in [0.15, 0.2) is 29.4 Å². The molecule has 5 nitrogen and oxygen atoms in total. The molecule has 2 rings (SSSR count). The number of benzene rings is 1. The first-order valence-electron chi connectivity index (χ1n) is 8.84. The molecule has 26 heavy (non-hydrogen) atoms. The molecule has 0 aliphatic rings. The summed E-state index contributed by atoms with van der Waals surface area (Å²) in [5.74, 6) is 1.35. The van der Waals surface area contributed by atoms with E-state index in [9.17, 15) is 9.18 Å². The van der Waals surface area contributed by atoms with Gasteiger partial charge < -0.3 is 9.47 Å². The molecule has 0 aliphatic carbocycles. The minimum atomic E-state index is -0.337. The molecule has 1 heterocycles. The molecule has 2 aromatic rings. The van der Waals surface area contributed by atoms with Crippen LogP contribution in [0.1, 0.15) is 27.7 Å². The lowest BCUT2D eigenvalue weighted by atomic mass is 10.1. The molecule has 0 N–H and O–H groups in total. The smallest absolute Gasteiger partial charge is 0.233 e. The normalized spacial score (nSPS) is 11.4. The predicted molar refractivity (Wildman–Crippen MR) is 103 cm³/mol. The molecule has 0 unspecified atom stereocenters. The van der Waals surface area contributed by atoms with Gasteiger partial charge >= 0.3 is 0 Å². The third kappa shape index (κ3) is 5.30. The van der Waals surface area contributed by atoms with Crippen molar-refractivity contribution < 1.29 is 9.18 Å². The fourth-order valence-electron chi connectivity index (χ4n) is 2.69. The standard InChI is InChI=1S/C19H27FN4OS/c1-13(2)10-24(11-14(3)4)17(25)12-26-19-22-21-18(23(19)5)15-8-6-7-9-16(15)20/h6-9,13-14H,10-12H2,1-5H3. The Hall–Kier alpha value is -1.89. The van der Waals surface area contributed by atoms with Gasteiger partial charge in [-0.1, -0.05) is 51.6 Å². The number of carbonyl (C=O) groups is 1. The minimum Gasteiger partial charge on any atom is -0.341 e. The molecule has 1 aromatic heterocycles. The number of hydrogen-bond donors (Lipinski definition) is 0. The fraction of sp³-hybridized carbons (Fsp3) is 0.526. The van der Waals surface area contributed by atoms with Gasteiger partial charge in [-0.25, -0.2) is 4.39 Å². The Balaban J connectivity index is 2.07. The maximum absolute atomic E-state index is 14.0. The van der Waals surface area contributed by atoms with Crippen LogP contribution in [-0.2, 0) is 11.8 Å². The van der Waals surface area contributed by atoms with Crippen molar-refractivity contribution in [2.75, 3.05) is 18.8 Å². The van der Waals surface area contributed by atoms with E-state index in [2.05, 4.69) is 37.9 Å². The van der Waals surface area contributed by atoms with Gasteiger partial charge in [0.1, 0.15) is 5.82 Å². The molecule has 7 heteroatoms. The number of rotatable bonds is 8. The maximum Gasteiger partial charge on any atom is 0.233 e. The summed E-state index contributed by atoms with van der Waals surface area (Å²) in [6.45, 7) is 9.93. The number of carbonyl (C=O) groups excluding carboxylic acids is 1. The molecule has 1 aromatic carbocycles. The van der Waals surface area contributed by atoms with Crippen LogP contribution in [0.3, 0.4) is 0 Å². The van der Waals surface area contributed by atoms with E-state index in [-0.39, 0.29) is 11.7 Å². The van der Waals surface area contributed by atoms with Gasteiger partial charge in [0.05, 0.1) is 11.3 Å². The van der Waals surface area contributed by atoms with E-state index >= 15 is 0 Å². The molecule has 0 bridgehead atoms. The van der Waals surface area contributed by atoms with Crippen molar-refractivity contribution >= 4 is 17.7 Å². The van der Waals surface area contributed by atoms with E-state index in [4.69, 9.17) is 0 Å². The second-order valence-corrected chi connectivity index (χ2v) is 8.16. The molecule has 0 atom stereocenters. The highest BCUT2D eigenvalue weighted by Gasteiger charge is 2.19. The summed E-state index contributed by atoms with van der Waals surface area (Å²) in [5.41, 5.74) is 0.405. The molecule has 0 saturated heterocycles. The Kier molecular flexibility index (Phi) is 7.20. The molecular formula is C19H27FN4OS. The third-order valence-electron chi connectivity index (χ3n) is 3.80. The third-order valence-corrected chi connectivity index (χ3v) is 4.80. The zero-order valence-corrected chi connectivity index (χ0v) is 16.9. The van der Waals surface area contributed by atoms with Gasteiger partial charge in [0.15, 0.2) is 11.0 Å². The SMILES string of the molecule is CC(C)CN(CC(C)C)C(=O)CSc1nnc(-c2ccccc2F)n1C. The zero-order valence-electron chi connectivity index (χ0n) is 16.1. The molecule has 0 saturated carbocycles. The highest BCUT2D eigenvalue weighted by Crippen LogP contribution is 2.24. The van der Waals surface area contributed by atoms with Crippen molar-refractivity contribution in [1.82, 2.24) is 19.7 Å². The Morgan fingerprint density at radius 2 is 1.77 bits per heavy atom. The van der Waals surface area contributed by atoms with E-state index in [1.807, 2.05) is 4.90 Å². The lowest BCUT2D eigenvalue weighted by Gasteiger charge is -2.26. The molecule has 0 aliphatic heterocycles. The van der Waals surface area contributed by atoms with Crippen molar-refractivity contribution in [3.63, 3.8) is 0 Å². The first kappa shape index (κ1) is 20.4. The summed E-state index contributed by atoms with van der Waals surface area (Å²) in [5, 5.41) is 8.82. The van der Waals surface area contributed by atoms with Gasteiger partial charge in [-0.15, -0.1) is 10.2 Å².